The monoisotopic (exact) mass is 776 g/mol. The van der Waals surface area contributed by atoms with Crippen LogP contribution in [0.25, 0.3) is 82.8 Å². The molecule has 0 aliphatic heterocycles. The molecule has 1 aromatic heterocycles. The van der Waals surface area contributed by atoms with Crippen LogP contribution in [0.4, 0.5) is 17.1 Å². The van der Waals surface area contributed by atoms with Crippen LogP contribution in [0, 0.1) is 0 Å². The van der Waals surface area contributed by atoms with Crippen molar-refractivity contribution in [3.05, 3.63) is 242 Å². The van der Waals surface area contributed by atoms with Gasteiger partial charge in [-0.3, -0.25) is 0 Å². The Bertz CT molecular complexity index is 3870. The van der Waals surface area contributed by atoms with Gasteiger partial charge in [-0.05, 0) is 104 Å². The summed E-state index contributed by atoms with van der Waals surface area (Å²) < 4.78 is 118. The lowest BCUT2D eigenvalue weighted by Gasteiger charge is -2.26. The second-order valence-electron chi connectivity index (χ2n) is 14.4. The molecule has 2 heteroatoms. The fraction of sp³-hybridized carbons (Fsp3) is 0. The number of fused-ring (bicyclic) bond motifs is 4. The number of aromatic nitrogens is 1. The van der Waals surface area contributed by atoms with Crippen molar-refractivity contribution < 1.29 is 16.4 Å². The molecular formula is C58H40N2. The van der Waals surface area contributed by atoms with Gasteiger partial charge >= 0.3 is 0 Å². The predicted octanol–water partition coefficient (Wildman–Crippen LogP) is 16.1. The zero-order valence-electron chi connectivity index (χ0n) is 44.1. The van der Waals surface area contributed by atoms with Crippen LogP contribution in [0.1, 0.15) is 16.4 Å². The minimum Gasteiger partial charge on any atom is -0.311 e. The first-order valence-electron chi connectivity index (χ1n) is 25.6. The number of anilines is 3. The number of para-hydroxylation sites is 3. The molecule has 11 rings (SSSR count). The molecular weight excluding hydrogens is 725 g/mol. The SMILES string of the molecule is [2H]c1c([2H])c(N(c2c([2H])c([2H])c(-c3ccccc3-n3c4ccccc4c4ccccc43)c([2H])c2[2H])c2c([2H])c([2H])c(-c3cccc4ccccc34)c([2H])c2[2H])c([2H])c([2H])c1-c1ccc(-c2ccccc2)cc1. The van der Waals surface area contributed by atoms with E-state index < -0.39 is 89.6 Å². The zero-order valence-corrected chi connectivity index (χ0v) is 32.1. The van der Waals surface area contributed by atoms with Crippen molar-refractivity contribution in [1.82, 2.24) is 4.57 Å². The summed E-state index contributed by atoms with van der Waals surface area (Å²) in [5.41, 5.74) is 3.22. The summed E-state index contributed by atoms with van der Waals surface area (Å²) in [5, 5.41) is 3.39. The minimum atomic E-state index is -0.685. The standard InChI is InChI=1S/C58H40N2/c1-2-13-41(14-3-1)42-25-27-43(28-26-42)44-29-35-48(36-30-44)59(49-37-31-46(32-38-49)52-21-12-16-45-15-4-5-17-51(45)52)50-39-33-47(34-40-50)53-18-6-9-22-56(53)60-57-23-10-7-19-54(57)55-20-8-11-24-58(55)60/h1-40H/i29D,30D,31D,32D,33D,34D,35D,36D,37D,38D,39D,40D. The maximum atomic E-state index is 9.82. The Morgan fingerprint density at radius 2 is 0.717 bits per heavy atom. The van der Waals surface area contributed by atoms with E-state index in [4.69, 9.17) is 0 Å². The molecule has 0 N–H and O–H groups in total. The van der Waals surface area contributed by atoms with Gasteiger partial charge < -0.3 is 9.47 Å². The Hall–Kier alpha value is -7.94. The van der Waals surface area contributed by atoms with Crippen molar-refractivity contribution in [2.75, 3.05) is 4.90 Å². The second-order valence-corrected chi connectivity index (χ2v) is 14.4. The first-order chi connectivity index (χ1) is 34.8. The van der Waals surface area contributed by atoms with Crippen molar-refractivity contribution in [3.63, 3.8) is 0 Å². The fourth-order valence-corrected chi connectivity index (χ4v) is 7.97. The summed E-state index contributed by atoms with van der Waals surface area (Å²) in [4.78, 5) is 0.861. The van der Waals surface area contributed by atoms with Crippen LogP contribution >= 0.6 is 0 Å². The van der Waals surface area contributed by atoms with E-state index >= 15 is 0 Å². The zero-order chi connectivity index (χ0) is 50.3. The summed E-state index contributed by atoms with van der Waals surface area (Å²) >= 11 is 0. The molecule has 60 heavy (non-hydrogen) atoms. The van der Waals surface area contributed by atoms with Crippen molar-refractivity contribution in [1.29, 1.82) is 0 Å². The Balaban J connectivity index is 1.17. The van der Waals surface area contributed by atoms with Gasteiger partial charge in [-0.25, -0.2) is 0 Å². The largest absolute Gasteiger partial charge is 0.311 e. The molecule has 2 nitrogen and oxygen atoms in total. The summed E-state index contributed by atoms with van der Waals surface area (Å²) in [6, 6.07) is 44.8. The van der Waals surface area contributed by atoms with E-state index in [1.54, 1.807) is 42.5 Å². The molecule has 0 aliphatic carbocycles. The van der Waals surface area contributed by atoms with E-state index in [0.717, 1.165) is 43.2 Å². The summed E-state index contributed by atoms with van der Waals surface area (Å²) in [5.74, 6) is 0. The molecule has 0 amide bonds. The normalized spacial score (nSPS) is 14.1. The Labute approximate surface area is 367 Å². The highest BCUT2D eigenvalue weighted by atomic mass is 15.1. The third-order valence-corrected chi connectivity index (χ3v) is 10.8. The second kappa shape index (κ2) is 15.1. The average Bonchev–Trinajstić information content (AvgIpc) is 3.74. The number of rotatable bonds is 8. The van der Waals surface area contributed by atoms with E-state index in [0.29, 0.717) is 27.8 Å². The quantitative estimate of drug-likeness (QED) is 0.149. The Morgan fingerprint density at radius 3 is 1.33 bits per heavy atom. The third kappa shape index (κ3) is 6.32. The number of benzene rings is 10. The fourth-order valence-electron chi connectivity index (χ4n) is 7.97. The Morgan fingerprint density at radius 1 is 0.300 bits per heavy atom. The molecule has 10 aromatic carbocycles. The van der Waals surface area contributed by atoms with Crippen molar-refractivity contribution in [3.8, 4) is 50.2 Å². The molecule has 0 atom stereocenters. The van der Waals surface area contributed by atoms with E-state index in [2.05, 4.69) is 0 Å². The molecule has 0 spiro atoms. The van der Waals surface area contributed by atoms with Gasteiger partial charge in [0.1, 0.15) is 0 Å². The smallest absolute Gasteiger partial charge is 0.0645 e. The van der Waals surface area contributed by atoms with Crippen LogP contribution in [0.5, 0.6) is 0 Å². The molecule has 282 valence electrons. The highest BCUT2D eigenvalue weighted by Crippen LogP contribution is 2.40. The third-order valence-electron chi connectivity index (χ3n) is 10.8. The topological polar surface area (TPSA) is 8.17 Å². The van der Waals surface area contributed by atoms with Gasteiger partial charge in [-0.15, -0.1) is 0 Å². The first kappa shape index (κ1) is 24.7. The molecule has 0 radical (unpaired) electrons. The molecule has 11 aromatic rings. The molecule has 0 unspecified atom stereocenters. The molecule has 0 fully saturated rings. The van der Waals surface area contributed by atoms with E-state index in [9.17, 15) is 16.4 Å². The highest BCUT2D eigenvalue weighted by Gasteiger charge is 2.17. The lowest BCUT2D eigenvalue weighted by Crippen LogP contribution is -2.09. The lowest BCUT2D eigenvalue weighted by molar-refractivity contribution is 1.18. The maximum Gasteiger partial charge on any atom is 0.0645 e. The van der Waals surface area contributed by atoms with E-state index in [1.807, 2.05) is 132 Å². The van der Waals surface area contributed by atoms with Crippen molar-refractivity contribution in [2.24, 2.45) is 0 Å². The maximum absolute atomic E-state index is 9.82. The van der Waals surface area contributed by atoms with Gasteiger partial charge in [0, 0.05) is 33.4 Å². The Kier molecular flexibility index (Phi) is 6.23. The van der Waals surface area contributed by atoms with Gasteiger partial charge in [-0.1, -0.05) is 188 Å². The van der Waals surface area contributed by atoms with Crippen LogP contribution in [-0.2, 0) is 0 Å². The summed E-state index contributed by atoms with van der Waals surface area (Å²) in [7, 11) is 0. The lowest BCUT2D eigenvalue weighted by atomic mass is 9.98. The van der Waals surface area contributed by atoms with Crippen molar-refractivity contribution in [2.45, 2.75) is 0 Å². The van der Waals surface area contributed by atoms with Crippen LogP contribution < -0.4 is 4.90 Å². The molecule has 0 saturated carbocycles. The van der Waals surface area contributed by atoms with Gasteiger partial charge in [-0.2, -0.15) is 0 Å². The van der Waals surface area contributed by atoms with Gasteiger partial charge in [0.25, 0.3) is 0 Å². The molecule has 0 bridgehead atoms. The van der Waals surface area contributed by atoms with Gasteiger partial charge in [0.2, 0.25) is 0 Å². The van der Waals surface area contributed by atoms with Crippen LogP contribution in [0.15, 0.2) is 242 Å². The molecule has 0 saturated heterocycles. The summed E-state index contributed by atoms with van der Waals surface area (Å²) in [6.45, 7) is 0. The average molecular weight is 777 g/mol. The number of nitrogens with zero attached hydrogens (tertiary/aromatic N) is 2. The van der Waals surface area contributed by atoms with Gasteiger partial charge in [0.05, 0.1) is 33.2 Å². The van der Waals surface area contributed by atoms with Gasteiger partial charge in [0.15, 0.2) is 0 Å². The van der Waals surface area contributed by atoms with Crippen LogP contribution in [0.3, 0.4) is 0 Å². The van der Waals surface area contributed by atoms with E-state index in [-0.39, 0.29) is 16.7 Å². The number of hydrogen-bond donors (Lipinski definition) is 0. The van der Waals surface area contributed by atoms with E-state index in [1.165, 1.54) is 0 Å². The van der Waals surface area contributed by atoms with Crippen molar-refractivity contribution >= 4 is 49.6 Å². The molecule has 0 aliphatic rings. The molecule has 1 heterocycles. The summed E-state index contributed by atoms with van der Waals surface area (Å²) in [6.07, 6.45) is 0. The highest BCUT2D eigenvalue weighted by molar-refractivity contribution is 6.09. The minimum absolute atomic E-state index is 0.0454. The number of hydrogen-bond acceptors (Lipinski definition) is 1. The van der Waals surface area contributed by atoms with Crippen LogP contribution in [-0.4, -0.2) is 4.57 Å². The first-order valence-corrected chi connectivity index (χ1v) is 19.6. The predicted molar refractivity (Wildman–Crippen MR) is 255 cm³/mol. The van der Waals surface area contributed by atoms with Crippen LogP contribution in [0.2, 0.25) is 0 Å².